The van der Waals surface area contributed by atoms with Crippen LogP contribution in [0.3, 0.4) is 0 Å². The van der Waals surface area contributed by atoms with Crippen molar-refractivity contribution in [1.82, 2.24) is 10.3 Å². The quantitative estimate of drug-likeness (QED) is 0.773. The van der Waals surface area contributed by atoms with Crippen molar-refractivity contribution in [2.75, 3.05) is 24.2 Å². The van der Waals surface area contributed by atoms with Gasteiger partial charge >= 0.3 is 0 Å². The van der Waals surface area contributed by atoms with Crippen molar-refractivity contribution in [3.63, 3.8) is 0 Å². The van der Waals surface area contributed by atoms with Crippen LogP contribution in [0.1, 0.15) is 63.0 Å². The summed E-state index contributed by atoms with van der Waals surface area (Å²) in [6.45, 7) is 9.31. The highest BCUT2D eigenvalue weighted by molar-refractivity contribution is 7.18. The van der Waals surface area contributed by atoms with Crippen molar-refractivity contribution >= 4 is 28.2 Å². The Morgan fingerprint density at radius 1 is 1.29 bits per heavy atom. The van der Waals surface area contributed by atoms with Gasteiger partial charge in [0.1, 0.15) is 10.7 Å². The topological polar surface area (TPSA) is 71.2 Å². The molecule has 0 fully saturated rings. The third kappa shape index (κ3) is 4.09. The number of aromatic nitrogens is 1. The smallest absolute Gasteiger partial charge is 0.265 e. The first kappa shape index (κ1) is 17.8. The first-order chi connectivity index (χ1) is 9.92. The molecule has 1 aromatic heterocycles. The Morgan fingerprint density at radius 2 is 1.86 bits per heavy atom. The minimum absolute atomic E-state index is 0.105. The number of nitrogen functional groups attached to an aromatic ring is 1. The summed E-state index contributed by atoms with van der Waals surface area (Å²) in [6.07, 6.45) is 3.76. The first-order valence-electron chi connectivity index (χ1n) is 7.72. The molecule has 0 saturated carbocycles. The Balaban J connectivity index is 2.93. The lowest BCUT2D eigenvalue weighted by Gasteiger charge is -2.31. The second-order valence-electron chi connectivity index (χ2n) is 5.43. The molecule has 1 amide bonds. The van der Waals surface area contributed by atoms with Crippen LogP contribution in [0.4, 0.5) is 10.9 Å². The zero-order valence-electron chi connectivity index (χ0n) is 13.8. The van der Waals surface area contributed by atoms with Crippen molar-refractivity contribution in [1.29, 1.82) is 0 Å². The van der Waals surface area contributed by atoms with Crippen molar-refractivity contribution in [3.05, 3.63) is 4.88 Å². The summed E-state index contributed by atoms with van der Waals surface area (Å²) >= 11 is 1.37. The summed E-state index contributed by atoms with van der Waals surface area (Å²) in [5.41, 5.74) is 5.78. The van der Waals surface area contributed by atoms with E-state index < -0.39 is 0 Å². The number of amides is 1. The molecular formula is C15H28N4OS. The van der Waals surface area contributed by atoms with Gasteiger partial charge in [0.05, 0.1) is 0 Å². The van der Waals surface area contributed by atoms with Crippen molar-refractivity contribution in [2.45, 2.75) is 58.9 Å². The minimum atomic E-state index is -0.150. The van der Waals surface area contributed by atoms with Gasteiger partial charge in [-0.3, -0.25) is 4.79 Å². The summed E-state index contributed by atoms with van der Waals surface area (Å²) in [6, 6.07) is 0. The zero-order valence-corrected chi connectivity index (χ0v) is 14.6. The molecule has 6 heteroatoms. The van der Waals surface area contributed by atoms with E-state index in [1.165, 1.54) is 11.3 Å². The number of nitrogens with two attached hydrogens (primary N) is 1. The van der Waals surface area contributed by atoms with Crippen molar-refractivity contribution < 1.29 is 4.79 Å². The lowest BCUT2D eigenvalue weighted by molar-refractivity contribution is 0.0893. The average molecular weight is 312 g/mol. The van der Waals surface area contributed by atoms with E-state index in [0.717, 1.165) is 37.4 Å². The molecule has 0 aromatic carbocycles. The van der Waals surface area contributed by atoms with Crippen LogP contribution in [0.2, 0.25) is 0 Å². The van der Waals surface area contributed by atoms with E-state index >= 15 is 0 Å². The number of hydrogen-bond donors (Lipinski definition) is 2. The first-order valence-corrected chi connectivity index (χ1v) is 8.54. The van der Waals surface area contributed by atoms with E-state index in [0.29, 0.717) is 10.7 Å². The Bertz CT molecular complexity index is 460. The molecule has 120 valence electrons. The molecule has 0 radical (unpaired) electrons. The van der Waals surface area contributed by atoms with Crippen LogP contribution in [-0.2, 0) is 0 Å². The summed E-state index contributed by atoms with van der Waals surface area (Å²) in [7, 11) is 1.97. The lowest BCUT2D eigenvalue weighted by Crippen LogP contribution is -2.47. The fourth-order valence-electron chi connectivity index (χ4n) is 2.39. The molecule has 0 aliphatic rings. The van der Waals surface area contributed by atoms with Gasteiger partial charge in [-0.15, -0.1) is 0 Å². The number of carbonyl (C=O) groups is 1. The molecule has 0 saturated heterocycles. The monoisotopic (exact) mass is 312 g/mol. The normalized spacial score (nSPS) is 11.5. The van der Waals surface area contributed by atoms with Crippen LogP contribution in [0.15, 0.2) is 0 Å². The van der Waals surface area contributed by atoms with Gasteiger partial charge < -0.3 is 16.0 Å². The highest BCUT2D eigenvalue weighted by Crippen LogP contribution is 2.29. The summed E-state index contributed by atoms with van der Waals surface area (Å²) in [5, 5.41) is 3.95. The zero-order chi connectivity index (χ0) is 16.0. The van der Waals surface area contributed by atoms with E-state index in [1.807, 2.05) is 11.9 Å². The van der Waals surface area contributed by atoms with Gasteiger partial charge in [0, 0.05) is 19.1 Å². The van der Waals surface area contributed by atoms with Crippen molar-refractivity contribution in [3.8, 4) is 0 Å². The Hall–Kier alpha value is -1.30. The number of rotatable bonds is 8. The van der Waals surface area contributed by atoms with Crippen LogP contribution in [0, 0.1) is 0 Å². The van der Waals surface area contributed by atoms with E-state index in [2.05, 4.69) is 38.0 Å². The van der Waals surface area contributed by atoms with Gasteiger partial charge in [-0.25, -0.2) is 4.98 Å². The van der Waals surface area contributed by atoms with Crippen LogP contribution in [0.5, 0.6) is 0 Å². The second kappa shape index (κ2) is 7.64. The number of anilines is 2. The highest BCUT2D eigenvalue weighted by atomic mass is 32.1. The van der Waals surface area contributed by atoms with Gasteiger partial charge in [0.25, 0.3) is 5.91 Å². The van der Waals surface area contributed by atoms with E-state index in [4.69, 9.17) is 5.73 Å². The molecule has 0 atom stereocenters. The molecule has 3 N–H and O–H groups in total. The van der Waals surface area contributed by atoms with Gasteiger partial charge in [0.15, 0.2) is 5.13 Å². The fraction of sp³-hybridized carbons (Fsp3) is 0.733. The fourth-order valence-corrected chi connectivity index (χ4v) is 3.26. The van der Waals surface area contributed by atoms with Crippen LogP contribution in [0.25, 0.3) is 0 Å². The van der Waals surface area contributed by atoms with Gasteiger partial charge in [-0.05, 0) is 25.7 Å². The van der Waals surface area contributed by atoms with Gasteiger partial charge in [0.2, 0.25) is 0 Å². The maximum atomic E-state index is 12.5. The highest BCUT2D eigenvalue weighted by Gasteiger charge is 2.28. The Labute approximate surface area is 131 Å². The van der Waals surface area contributed by atoms with Crippen LogP contribution in [-0.4, -0.2) is 30.0 Å². The Morgan fingerprint density at radius 3 is 2.33 bits per heavy atom. The molecule has 21 heavy (non-hydrogen) atoms. The molecule has 0 aliphatic heterocycles. The van der Waals surface area contributed by atoms with Gasteiger partial charge in [-0.1, -0.05) is 39.0 Å². The minimum Gasteiger partial charge on any atom is -0.382 e. The lowest BCUT2D eigenvalue weighted by atomic mass is 9.90. The molecule has 0 spiro atoms. The third-order valence-electron chi connectivity index (χ3n) is 4.14. The second-order valence-corrected chi connectivity index (χ2v) is 6.40. The number of nitrogens with zero attached hydrogens (tertiary/aromatic N) is 2. The number of carbonyl (C=O) groups excluding carboxylic acids is 1. The number of thiazole rings is 1. The maximum absolute atomic E-state index is 12.5. The van der Waals surface area contributed by atoms with E-state index in [9.17, 15) is 4.79 Å². The van der Waals surface area contributed by atoms with Crippen LogP contribution >= 0.6 is 11.3 Å². The maximum Gasteiger partial charge on any atom is 0.265 e. The number of nitrogens with one attached hydrogen (secondary N) is 1. The van der Waals surface area contributed by atoms with Crippen molar-refractivity contribution in [2.24, 2.45) is 0 Å². The molecule has 0 aliphatic carbocycles. The van der Waals surface area contributed by atoms with E-state index in [1.54, 1.807) is 0 Å². The average Bonchev–Trinajstić information content (AvgIpc) is 2.87. The summed E-state index contributed by atoms with van der Waals surface area (Å²) in [4.78, 5) is 19.4. The molecule has 1 heterocycles. The molecule has 1 aromatic rings. The molecule has 0 unspecified atom stereocenters. The third-order valence-corrected chi connectivity index (χ3v) is 5.33. The summed E-state index contributed by atoms with van der Waals surface area (Å²) in [5.74, 6) is 0.222. The van der Waals surface area contributed by atoms with E-state index in [-0.39, 0.29) is 11.4 Å². The van der Waals surface area contributed by atoms with Crippen LogP contribution < -0.4 is 16.0 Å². The standard InChI is InChI=1S/C15H28N4OS/c1-6-10-19(5)14-17-12(16)11(21-14)13(20)18-15(7-2,8-3)9-4/h6-10,16H2,1-5H3,(H,18,20). The molecule has 0 bridgehead atoms. The molecular weight excluding hydrogens is 284 g/mol. The molecule has 1 rings (SSSR count). The predicted octanol–water partition coefficient (Wildman–Crippen LogP) is 3.27. The molecule has 5 nitrogen and oxygen atoms in total. The SMILES string of the molecule is CCCN(C)c1nc(N)c(C(=O)NC(CC)(CC)CC)s1. The Kier molecular flexibility index (Phi) is 6.45. The predicted molar refractivity (Wildman–Crippen MR) is 91.2 cm³/mol. The number of hydrogen-bond acceptors (Lipinski definition) is 5. The summed E-state index contributed by atoms with van der Waals surface area (Å²) < 4.78 is 0. The van der Waals surface area contributed by atoms with Gasteiger partial charge in [-0.2, -0.15) is 0 Å². The largest absolute Gasteiger partial charge is 0.382 e.